The zero-order valence-corrected chi connectivity index (χ0v) is 19.4. The highest BCUT2D eigenvalue weighted by Crippen LogP contribution is 2.38. The van der Waals surface area contributed by atoms with Crippen molar-refractivity contribution >= 4 is 28.4 Å². The van der Waals surface area contributed by atoms with E-state index in [1.165, 1.54) is 21.3 Å². The highest BCUT2D eigenvalue weighted by Gasteiger charge is 2.23. The number of methoxy groups -OCH3 is 3. The highest BCUT2D eigenvalue weighted by molar-refractivity contribution is 6.31. The number of halogens is 1. The second-order valence-corrected chi connectivity index (χ2v) is 7.89. The Bertz CT molecular complexity index is 1260. The van der Waals surface area contributed by atoms with Crippen molar-refractivity contribution in [3.05, 3.63) is 88.6 Å². The molecule has 0 aliphatic rings. The smallest absolute Gasteiger partial charge is 0.251 e. The van der Waals surface area contributed by atoms with E-state index in [0.717, 1.165) is 22.0 Å². The molecular formula is C26H25ClN2O4. The molecule has 6 nitrogen and oxygen atoms in total. The lowest BCUT2D eigenvalue weighted by atomic mass is 9.90. The summed E-state index contributed by atoms with van der Waals surface area (Å²) in [6.45, 7) is 0.348. The number of fused-ring (bicyclic) bond motifs is 1. The predicted molar refractivity (Wildman–Crippen MR) is 130 cm³/mol. The fraction of sp³-hybridized carbons (Fsp3) is 0.192. The van der Waals surface area contributed by atoms with E-state index in [1.807, 2.05) is 48.7 Å². The fourth-order valence-electron chi connectivity index (χ4n) is 4.04. The second-order valence-electron chi connectivity index (χ2n) is 7.49. The molecule has 1 amide bonds. The van der Waals surface area contributed by atoms with E-state index in [1.54, 1.807) is 12.1 Å². The van der Waals surface area contributed by atoms with E-state index in [9.17, 15) is 4.79 Å². The van der Waals surface area contributed by atoms with Crippen molar-refractivity contribution in [1.82, 2.24) is 10.3 Å². The molecule has 1 atom stereocenters. The normalized spacial score (nSPS) is 11.8. The number of aromatic nitrogens is 1. The molecule has 1 aromatic heterocycles. The Morgan fingerprint density at radius 2 is 1.61 bits per heavy atom. The lowest BCUT2D eigenvalue weighted by molar-refractivity contribution is 0.0951. The quantitative estimate of drug-likeness (QED) is 0.365. The first-order chi connectivity index (χ1) is 16.1. The van der Waals surface area contributed by atoms with Crippen LogP contribution >= 0.6 is 11.6 Å². The summed E-state index contributed by atoms with van der Waals surface area (Å²) in [5.41, 5.74) is 3.43. The number of H-pyrrole nitrogens is 1. The SMILES string of the molecule is COc1cc(C(=O)NCC(c2ccccc2Cl)c2c[nH]c3ccccc23)cc(OC)c1OC. The molecular weight excluding hydrogens is 440 g/mol. The third kappa shape index (κ3) is 4.47. The van der Waals surface area contributed by atoms with Gasteiger partial charge in [0.15, 0.2) is 11.5 Å². The van der Waals surface area contributed by atoms with Gasteiger partial charge in [0.05, 0.1) is 21.3 Å². The first-order valence-corrected chi connectivity index (χ1v) is 10.8. The average Bonchev–Trinajstić information content (AvgIpc) is 3.28. The van der Waals surface area contributed by atoms with E-state index < -0.39 is 0 Å². The van der Waals surface area contributed by atoms with E-state index in [-0.39, 0.29) is 11.8 Å². The van der Waals surface area contributed by atoms with Crippen molar-refractivity contribution < 1.29 is 19.0 Å². The number of amides is 1. The van der Waals surface area contributed by atoms with Gasteiger partial charge in [-0.15, -0.1) is 0 Å². The van der Waals surface area contributed by atoms with Crippen molar-refractivity contribution in [2.24, 2.45) is 0 Å². The van der Waals surface area contributed by atoms with Gasteiger partial charge in [0.2, 0.25) is 5.75 Å². The molecule has 2 N–H and O–H groups in total. The Morgan fingerprint density at radius 3 is 2.27 bits per heavy atom. The minimum Gasteiger partial charge on any atom is -0.493 e. The van der Waals surface area contributed by atoms with Crippen molar-refractivity contribution in [2.75, 3.05) is 27.9 Å². The van der Waals surface area contributed by atoms with Gasteiger partial charge >= 0.3 is 0 Å². The van der Waals surface area contributed by atoms with Gasteiger partial charge in [0.1, 0.15) is 0 Å². The second kappa shape index (κ2) is 9.88. The molecule has 0 saturated carbocycles. The van der Waals surface area contributed by atoms with Gasteiger partial charge in [0.25, 0.3) is 5.91 Å². The van der Waals surface area contributed by atoms with Gasteiger partial charge in [-0.25, -0.2) is 0 Å². The molecule has 4 rings (SSSR count). The molecule has 0 radical (unpaired) electrons. The lowest BCUT2D eigenvalue weighted by Gasteiger charge is -2.20. The van der Waals surface area contributed by atoms with Crippen molar-refractivity contribution in [2.45, 2.75) is 5.92 Å². The van der Waals surface area contributed by atoms with Crippen LogP contribution in [0.4, 0.5) is 0 Å². The van der Waals surface area contributed by atoms with Gasteiger partial charge in [0, 0.05) is 40.1 Å². The number of ether oxygens (including phenoxy) is 3. The first kappa shape index (κ1) is 22.6. The summed E-state index contributed by atoms with van der Waals surface area (Å²) < 4.78 is 16.1. The topological polar surface area (TPSA) is 72.6 Å². The van der Waals surface area contributed by atoms with E-state index in [0.29, 0.717) is 34.4 Å². The number of rotatable bonds is 8. The van der Waals surface area contributed by atoms with Crippen LogP contribution in [0.2, 0.25) is 5.02 Å². The zero-order valence-electron chi connectivity index (χ0n) is 18.6. The number of para-hydroxylation sites is 1. The monoisotopic (exact) mass is 464 g/mol. The number of carbonyl (C=O) groups excluding carboxylic acids is 1. The van der Waals surface area contributed by atoms with Gasteiger partial charge in [-0.1, -0.05) is 48.0 Å². The van der Waals surface area contributed by atoms with Gasteiger partial charge in [-0.05, 0) is 35.4 Å². The van der Waals surface area contributed by atoms with E-state index in [2.05, 4.69) is 16.4 Å². The number of hydrogen-bond acceptors (Lipinski definition) is 4. The molecule has 1 heterocycles. The summed E-state index contributed by atoms with van der Waals surface area (Å²) in [5, 5.41) is 4.79. The van der Waals surface area contributed by atoms with Gasteiger partial charge < -0.3 is 24.5 Å². The maximum Gasteiger partial charge on any atom is 0.251 e. The van der Waals surface area contributed by atoms with Crippen molar-refractivity contribution in [1.29, 1.82) is 0 Å². The van der Waals surface area contributed by atoms with Crippen LogP contribution in [0, 0.1) is 0 Å². The summed E-state index contributed by atoms with van der Waals surface area (Å²) in [5.74, 6) is 0.860. The average molecular weight is 465 g/mol. The zero-order chi connectivity index (χ0) is 23.4. The Labute approximate surface area is 197 Å². The third-order valence-corrected chi connectivity index (χ3v) is 6.02. The third-order valence-electron chi connectivity index (χ3n) is 5.67. The Balaban J connectivity index is 1.67. The molecule has 0 aliphatic heterocycles. The molecule has 170 valence electrons. The summed E-state index contributed by atoms with van der Waals surface area (Å²) in [7, 11) is 4.56. The van der Waals surface area contributed by atoms with Crippen LogP contribution in [0.25, 0.3) is 10.9 Å². The molecule has 0 spiro atoms. The van der Waals surface area contributed by atoms with E-state index >= 15 is 0 Å². The predicted octanol–water partition coefficient (Wildman–Crippen LogP) is 5.41. The summed E-state index contributed by atoms with van der Waals surface area (Å²) >= 11 is 6.56. The molecule has 0 aliphatic carbocycles. The molecule has 7 heteroatoms. The van der Waals surface area contributed by atoms with Crippen LogP contribution in [0.1, 0.15) is 27.4 Å². The van der Waals surface area contributed by atoms with Crippen LogP contribution in [0.3, 0.4) is 0 Å². The van der Waals surface area contributed by atoms with Gasteiger partial charge in [-0.3, -0.25) is 4.79 Å². The molecule has 0 saturated heterocycles. The fourth-order valence-corrected chi connectivity index (χ4v) is 4.30. The molecule has 1 unspecified atom stereocenters. The first-order valence-electron chi connectivity index (χ1n) is 10.5. The molecule has 33 heavy (non-hydrogen) atoms. The Morgan fingerprint density at radius 1 is 0.939 bits per heavy atom. The van der Waals surface area contributed by atoms with Crippen LogP contribution in [0.15, 0.2) is 66.9 Å². The maximum atomic E-state index is 13.1. The van der Waals surface area contributed by atoms with E-state index in [4.69, 9.17) is 25.8 Å². The minimum absolute atomic E-state index is 0.152. The van der Waals surface area contributed by atoms with Crippen LogP contribution in [0.5, 0.6) is 17.2 Å². The van der Waals surface area contributed by atoms with Crippen LogP contribution in [-0.2, 0) is 0 Å². The standard InChI is InChI=1S/C26H25ClN2O4/c1-31-23-12-16(13-24(32-2)25(23)33-3)26(30)29-15-19(17-8-4-6-10-21(17)27)20-14-28-22-11-7-5-9-18(20)22/h4-14,19,28H,15H2,1-3H3,(H,29,30). The largest absolute Gasteiger partial charge is 0.493 e. The van der Waals surface area contributed by atoms with Gasteiger partial charge in [-0.2, -0.15) is 0 Å². The molecule has 4 aromatic rings. The highest BCUT2D eigenvalue weighted by atomic mass is 35.5. The molecule has 0 fully saturated rings. The van der Waals surface area contributed by atoms with Crippen LogP contribution in [-0.4, -0.2) is 38.8 Å². The summed E-state index contributed by atoms with van der Waals surface area (Å²) in [4.78, 5) is 16.4. The lowest BCUT2D eigenvalue weighted by Crippen LogP contribution is -2.29. The number of nitrogens with one attached hydrogen (secondary N) is 2. The molecule has 0 bridgehead atoms. The summed E-state index contributed by atoms with van der Waals surface area (Å²) in [6.07, 6.45) is 1.98. The number of benzene rings is 3. The number of carbonyl (C=O) groups is 1. The minimum atomic E-state index is -0.258. The van der Waals surface area contributed by atoms with Crippen molar-refractivity contribution in [3.63, 3.8) is 0 Å². The molecule has 3 aromatic carbocycles. The Kier molecular flexibility index (Phi) is 6.75. The van der Waals surface area contributed by atoms with Crippen LogP contribution < -0.4 is 19.5 Å². The number of hydrogen-bond donors (Lipinski definition) is 2. The number of aromatic amines is 1. The Hall–Kier alpha value is -3.64. The maximum absolute atomic E-state index is 13.1. The summed E-state index contributed by atoms with van der Waals surface area (Å²) in [6, 6.07) is 19.0. The van der Waals surface area contributed by atoms with Crippen molar-refractivity contribution in [3.8, 4) is 17.2 Å².